The largest absolute Gasteiger partial charge is 0.394 e. The number of aryl methyl sites for hydroxylation is 1. The minimum atomic E-state index is -0.447. The molecule has 0 saturated heterocycles. The van der Waals surface area contributed by atoms with Crippen molar-refractivity contribution in [3.63, 3.8) is 0 Å². The second kappa shape index (κ2) is 4.56. The summed E-state index contributed by atoms with van der Waals surface area (Å²) in [6, 6.07) is 8.60. The molecule has 0 spiro atoms. The fourth-order valence-corrected chi connectivity index (χ4v) is 2.60. The Kier molecular flexibility index (Phi) is 3.31. The summed E-state index contributed by atoms with van der Waals surface area (Å²) in [5.74, 6) is 0.390. The van der Waals surface area contributed by atoms with Crippen LogP contribution in [0.5, 0.6) is 0 Å². The van der Waals surface area contributed by atoms with Crippen molar-refractivity contribution >= 4 is 0 Å². The Morgan fingerprint density at radius 2 is 2.06 bits per heavy atom. The number of aliphatic hydroxyl groups excluding tert-OH is 1. The van der Waals surface area contributed by atoms with Gasteiger partial charge in [0.05, 0.1) is 6.61 Å². The van der Waals surface area contributed by atoms with Crippen LogP contribution in [-0.4, -0.2) is 17.3 Å². The van der Waals surface area contributed by atoms with Crippen LogP contribution in [0.15, 0.2) is 24.3 Å². The van der Waals surface area contributed by atoms with Crippen molar-refractivity contribution in [2.45, 2.75) is 38.1 Å². The molecule has 2 nitrogen and oxygen atoms in total. The fourth-order valence-electron chi connectivity index (χ4n) is 2.60. The quantitative estimate of drug-likeness (QED) is 0.746. The molecule has 0 radical (unpaired) electrons. The Bertz CT molecular complexity index is 360. The molecule has 2 atom stereocenters. The van der Waals surface area contributed by atoms with Crippen LogP contribution in [0, 0.1) is 5.92 Å². The molecule has 88 valence electrons. The average molecular weight is 219 g/mol. The Morgan fingerprint density at radius 3 is 2.75 bits per heavy atom. The average Bonchev–Trinajstić information content (AvgIpc) is 2.51. The summed E-state index contributed by atoms with van der Waals surface area (Å²) in [6.45, 7) is 2.03. The molecule has 0 aliphatic heterocycles. The lowest BCUT2D eigenvalue weighted by molar-refractivity contribution is 0.148. The molecule has 1 aromatic rings. The molecule has 1 aliphatic rings. The van der Waals surface area contributed by atoms with Crippen LogP contribution in [-0.2, 0) is 12.8 Å². The molecule has 0 fully saturated rings. The highest BCUT2D eigenvalue weighted by atomic mass is 16.3. The van der Waals surface area contributed by atoms with Gasteiger partial charge in [-0.3, -0.25) is 0 Å². The maximum absolute atomic E-state index is 9.36. The molecular formula is C14H21NO. The lowest BCUT2D eigenvalue weighted by atomic mass is 9.81. The third kappa shape index (κ3) is 2.28. The number of aliphatic hydroxyl groups is 1. The molecule has 2 heteroatoms. The van der Waals surface area contributed by atoms with E-state index in [4.69, 9.17) is 5.73 Å². The highest BCUT2D eigenvalue weighted by Gasteiger charge is 2.30. The molecular weight excluding hydrogens is 198 g/mol. The van der Waals surface area contributed by atoms with Crippen LogP contribution in [0.2, 0.25) is 0 Å². The molecule has 1 aromatic carbocycles. The minimum absolute atomic E-state index is 0.0693. The number of fused-ring (bicyclic) bond motifs is 1. The van der Waals surface area contributed by atoms with Gasteiger partial charge in [-0.2, -0.15) is 0 Å². The van der Waals surface area contributed by atoms with E-state index >= 15 is 0 Å². The predicted octanol–water partition coefficient (Wildman–Crippen LogP) is 1.89. The molecule has 0 bridgehead atoms. The lowest BCUT2D eigenvalue weighted by Gasteiger charge is -2.32. The maximum atomic E-state index is 9.36. The van der Waals surface area contributed by atoms with E-state index in [0.717, 1.165) is 19.3 Å². The molecule has 16 heavy (non-hydrogen) atoms. The van der Waals surface area contributed by atoms with E-state index in [1.54, 1.807) is 0 Å². The summed E-state index contributed by atoms with van der Waals surface area (Å²) in [5, 5.41) is 9.36. The predicted molar refractivity (Wildman–Crippen MR) is 66.3 cm³/mol. The normalized spacial score (nSPS) is 24.3. The van der Waals surface area contributed by atoms with Gasteiger partial charge in [-0.15, -0.1) is 0 Å². The highest BCUT2D eigenvalue weighted by Crippen LogP contribution is 2.30. The van der Waals surface area contributed by atoms with Gasteiger partial charge in [0.15, 0.2) is 0 Å². The summed E-state index contributed by atoms with van der Waals surface area (Å²) >= 11 is 0. The smallest absolute Gasteiger partial charge is 0.0611 e. The van der Waals surface area contributed by atoms with Gasteiger partial charge < -0.3 is 10.8 Å². The number of rotatable bonds is 2. The van der Waals surface area contributed by atoms with E-state index in [1.807, 2.05) is 6.92 Å². The monoisotopic (exact) mass is 219 g/mol. The number of hydrogen-bond donors (Lipinski definition) is 2. The van der Waals surface area contributed by atoms with Crippen molar-refractivity contribution in [1.29, 1.82) is 0 Å². The first-order valence-electron chi connectivity index (χ1n) is 6.10. The first-order chi connectivity index (χ1) is 7.63. The summed E-state index contributed by atoms with van der Waals surface area (Å²) in [4.78, 5) is 0. The number of hydrogen-bond acceptors (Lipinski definition) is 2. The summed E-state index contributed by atoms with van der Waals surface area (Å²) in [5.41, 5.74) is 8.59. The molecule has 0 aromatic heterocycles. The Hall–Kier alpha value is -0.860. The number of benzene rings is 1. The van der Waals surface area contributed by atoms with Crippen LogP contribution in [0.25, 0.3) is 0 Å². The first kappa shape index (κ1) is 11.6. The topological polar surface area (TPSA) is 46.2 Å². The molecule has 2 rings (SSSR count). The molecule has 0 amide bonds. The summed E-state index contributed by atoms with van der Waals surface area (Å²) in [7, 11) is 0. The third-order valence-corrected chi connectivity index (χ3v) is 3.86. The molecule has 1 aliphatic carbocycles. The Labute approximate surface area is 97.5 Å². The van der Waals surface area contributed by atoms with Gasteiger partial charge in [-0.25, -0.2) is 0 Å². The van der Waals surface area contributed by atoms with Gasteiger partial charge in [-0.1, -0.05) is 24.3 Å². The van der Waals surface area contributed by atoms with Gasteiger partial charge in [0.2, 0.25) is 0 Å². The van der Waals surface area contributed by atoms with Gasteiger partial charge in [0, 0.05) is 5.54 Å². The SMILES string of the molecule is C[C@@](N)(CO)[C@H]1CCCc2ccccc2C1. The highest BCUT2D eigenvalue weighted by molar-refractivity contribution is 5.29. The second-order valence-corrected chi connectivity index (χ2v) is 5.23. The van der Waals surface area contributed by atoms with Crippen LogP contribution in [0.1, 0.15) is 30.9 Å². The first-order valence-corrected chi connectivity index (χ1v) is 6.10. The van der Waals surface area contributed by atoms with E-state index in [1.165, 1.54) is 17.5 Å². The van der Waals surface area contributed by atoms with Gasteiger partial charge >= 0.3 is 0 Å². The number of nitrogens with two attached hydrogens (primary N) is 1. The van der Waals surface area contributed by atoms with Crippen LogP contribution >= 0.6 is 0 Å². The van der Waals surface area contributed by atoms with Crippen molar-refractivity contribution in [1.82, 2.24) is 0 Å². The van der Waals surface area contributed by atoms with E-state index in [0.29, 0.717) is 5.92 Å². The van der Waals surface area contributed by atoms with Crippen molar-refractivity contribution in [2.75, 3.05) is 6.61 Å². The Balaban J connectivity index is 2.23. The van der Waals surface area contributed by atoms with Crippen molar-refractivity contribution in [3.05, 3.63) is 35.4 Å². The standard InChI is InChI=1S/C14H21NO/c1-14(15,10-16)13-8-4-7-11-5-2-3-6-12(11)9-13/h2-3,5-6,13,16H,4,7-10,15H2,1H3/t13-,14+/m0/s1. The summed E-state index contributed by atoms with van der Waals surface area (Å²) in [6.07, 6.45) is 4.44. The lowest BCUT2D eigenvalue weighted by Crippen LogP contribution is -2.48. The second-order valence-electron chi connectivity index (χ2n) is 5.23. The van der Waals surface area contributed by atoms with Gasteiger partial charge in [0.25, 0.3) is 0 Å². The molecule has 0 unspecified atom stereocenters. The van der Waals surface area contributed by atoms with Gasteiger partial charge in [-0.05, 0) is 49.7 Å². The van der Waals surface area contributed by atoms with Crippen LogP contribution < -0.4 is 5.73 Å². The Morgan fingerprint density at radius 1 is 1.38 bits per heavy atom. The zero-order chi connectivity index (χ0) is 11.6. The van der Waals surface area contributed by atoms with E-state index in [-0.39, 0.29) is 6.61 Å². The van der Waals surface area contributed by atoms with Crippen molar-refractivity contribution in [3.8, 4) is 0 Å². The summed E-state index contributed by atoms with van der Waals surface area (Å²) < 4.78 is 0. The minimum Gasteiger partial charge on any atom is -0.394 e. The van der Waals surface area contributed by atoms with E-state index in [9.17, 15) is 5.11 Å². The zero-order valence-corrected chi connectivity index (χ0v) is 9.95. The molecule has 0 heterocycles. The van der Waals surface area contributed by atoms with Crippen LogP contribution in [0.4, 0.5) is 0 Å². The van der Waals surface area contributed by atoms with E-state index < -0.39 is 5.54 Å². The maximum Gasteiger partial charge on any atom is 0.0611 e. The van der Waals surface area contributed by atoms with Crippen molar-refractivity contribution in [2.24, 2.45) is 11.7 Å². The zero-order valence-electron chi connectivity index (χ0n) is 9.95. The van der Waals surface area contributed by atoms with Crippen molar-refractivity contribution < 1.29 is 5.11 Å². The van der Waals surface area contributed by atoms with Crippen LogP contribution in [0.3, 0.4) is 0 Å². The van der Waals surface area contributed by atoms with E-state index in [2.05, 4.69) is 24.3 Å². The fraction of sp³-hybridized carbons (Fsp3) is 0.571. The molecule has 3 N–H and O–H groups in total. The third-order valence-electron chi connectivity index (χ3n) is 3.86. The van der Waals surface area contributed by atoms with Gasteiger partial charge in [0.1, 0.15) is 0 Å². The molecule has 0 saturated carbocycles.